The van der Waals surface area contributed by atoms with E-state index in [4.69, 9.17) is 11.6 Å². The molecule has 1 heterocycles. The van der Waals surface area contributed by atoms with Gasteiger partial charge < -0.3 is 4.90 Å². The summed E-state index contributed by atoms with van der Waals surface area (Å²) in [6.07, 6.45) is 2.45. The molecule has 0 bridgehead atoms. The van der Waals surface area contributed by atoms with Crippen molar-refractivity contribution in [1.29, 1.82) is 0 Å². The molecule has 1 saturated heterocycles. The fourth-order valence-electron chi connectivity index (χ4n) is 2.20. The first-order valence-electron chi connectivity index (χ1n) is 5.41. The van der Waals surface area contributed by atoms with Gasteiger partial charge in [0.15, 0.2) is 0 Å². The molecule has 0 aromatic heterocycles. The van der Waals surface area contributed by atoms with Crippen LogP contribution in [-0.4, -0.2) is 25.0 Å². The van der Waals surface area contributed by atoms with E-state index in [-0.39, 0.29) is 0 Å². The van der Waals surface area contributed by atoms with Crippen molar-refractivity contribution in [3.05, 3.63) is 28.8 Å². The smallest absolute Gasteiger partial charge is 0.0512 e. The van der Waals surface area contributed by atoms with Crippen LogP contribution < -0.4 is 5.30 Å². The summed E-state index contributed by atoms with van der Waals surface area (Å²) in [5, 5.41) is 2.06. The van der Waals surface area contributed by atoms with Crippen molar-refractivity contribution in [3.63, 3.8) is 0 Å². The molecular weight excluding hydrogens is 225 g/mol. The van der Waals surface area contributed by atoms with Crippen LogP contribution in [0.25, 0.3) is 0 Å². The lowest BCUT2D eigenvalue weighted by atomic mass is 9.89. The highest BCUT2D eigenvalue weighted by molar-refractivity contribution is 7.28. The zero-order valence-electron chi connectivity index (χ0n) is 9.04. The summed E-state index contributed by atoms with van der Waals surface area (Å²) in [6, 6.07) is 6.32. The highest BCUT2D eigenvalue weighted by atomic mass is 35.5. The Labute approximate surface area is 99.0 Å². The minimum absolute atomic E-state index is 0.647. The summed E-state index contributed by atoms with van der Waals surface area (Å²) in [7, 11) is 4.89. The third-order valence-electron chi connectivity index (χ3n) is 3.22. The predicted molar refractivity (Wildman–Crippen MR) is 70.3 cm³/mol. The molecule has 1 aliphatic heterocycles. The van der Waals surface area contributed by atoms with Crippen molar-refractivity contribution in [2.75, 3.05) is 20.1 Å². The van der Waals surface area contributed by atoms with E-state index in [1.807, 2.05) is 6.07 Å². The van der Waals surface area contributed by atoms with E-state index >= 15 is 0 Å². The molecule has 1 aromatic carbocycles. The average Bonchev–Trinajstić information content (AvgIpc) is 2.24. The Kier molecular flexibility index (Phi) is 3.66. The van der Waals surface area contributed by atoms with E-state index < -0.39 is 0 Å². The van der Waals surface area contributed by atoms with Gasteiger partial charge in [0.25, 0.3) is 0 Å². The Bertz CT molecular complexity index is 345. The third-order valence-corrected chi connectivity index (χ3v) is 4.32. The van der Waals surface area contributed by atoms with Crippen LogP contribution in [-0.2, 0) is 0 Å². The van der Waals surface area contributed by atoms with Crippen molar-refractivity contribution in [2.45, 2.75) is 18.8 Å². The molecule has 1 aliphatic rings. The van der Waals surface area contributed by atoms with E-state index in [1.54, 1.807) is 0 Å². The summed E-state index contributed by atoms with van der Waals surface area (Å²) in [5.41, 5.74) is 1.33. The summed E-state index contributed by atoms with van der Waals surface area (Å²) in [4.78, 5) is 2.38. The Morgan fingerprint density at radius 1 is 1.33 bits per heavy atom. The number of halogens is 1. The Hall–Kier alpha value is -0.100. The molecule has 2 rings (SSSR count). The minimum Gasteiger partial charge on any atom is -0.306 e. The highest BCUT2D eigenvalue weighted by Crippen LogP contribution is 2.31. The van der Waals surface area contributed by atoms with Crippen molar-refractivity contribution < 1.29 is 0 Å². The van der Waals surface area contributed by atoms with Crippen molar-refractivity contribution in [1.82, 2.24) is 4.90 Å². The lowest BCUT2D eigenvalue weighted by molar-refractivity contribution is 0.255. The van der Waals surface area contributed by atoms with Crippen LogP contribution in [0.1, 0.15) is 24.3 Å². The molecule has 3 heteroatoms. The monoisotopic (exact) mass is 241 g/mol. The standard InChI is InChI=1S/C12H17ClNP/c1-14-7-5-9(6-8-14)10-3-2-4-11(15)12(10)13/h2-4,9H,5-8,15H2,1H3. The number of rotatable bonds is 1. The Morgan fingerprint density at radius 3 is 2.67 bits per heavy atom. The van der Waals surface area contributed by atoms with Crippen LogP contribution in [0.15, 0.2) is 18.2 Å². The number of hydrogen-bond acceptors (Lipinski definition) is 1. The topological polar surface area (TPSA) is 3.24 Å². The molecule has 1 atom stereocenters. The maximum atomic E-state index is 6.33. The minimum atomic E-state index is 0.647. The maximum absolute atomic E-state index is 6.33. The van der Waals surface area contributed by atoms with Crippen LogP contribution in [0.4, 0.5) is 0 Å². The molecule has 82 valence electrons. The predicted octanol–water partition coefficient (Wildman–Crippen LogP) is 2.65. The largest absolute Gasteiger partial charge is 0.306 e. The quantitative estimate of drug-likeness (QED) is 0.684. The van der Waals surface area contributed by atoms with E-state index in [9.17, 15) is 0 Å². The SMILES string of the molecule is CN1CCC(c2cccc(P)c2Cl)CC1. The first kappa shape index (κ1) is 11.4. The van der Waals surface area contributed by atoms with Crippen molar-refractivity contribution in [2.24, 2.45) is 0 Å². The normalized spacial score (nSPS) is 19.4. The molecule has 0 N–H and O–H groups in total. The molecule has 1 aromatic rings. The summed E-state index contributed by atoms with van der Waals surface area (Å²) in [5.74, 6) is 0.647. The number of piperidine rings is 1. The van der Waals surface area contributed by atoms with Crippen molar-refractivity contribution in [3.8, 4) is 0 Å². The van der Waals surface area contributed by atoms with Gasteiger partial charge in [-0.1, -0.05) is 29.8 Å². The zero-order chi connectivity index (χ0) is 10.8. The summed E-state index contributed by atoms with van der Waals surface area (Å²) < 4.78 is 0. The molecule has 15 heavy (non-hydrogen) atoms. The molecule has 0 amide bonds. The molecule has 1 nitrogen and oxygen atoms in total. The van der Waals surface area contributed by atoms with Gasteiger partial charge in [-0.05, 0) is 49.8 Å². The van der Waals surface area contributed by atoms with E-state index in [0.717, 1.165) is 10.3 Å². The molecule has 0 saturated carbocycles. The van der Waals surface area contributed by atoms with Crippen LogP contribution in [0, 0.1) is 0 Å². The third kappa shape index (κ3) is 2.53. The molecular formula is C12H17ClNP. The van der Waals surface area contributed by atoms with Crippen LogP contribution in [0.5, 0.6) is 0 Å². The molecule has 0 radical (unpaired) electrons. The highest BCUT2D eigenvalue weighted by Gasteiger charge is 2.20. The second-order valence-electron chi connectivity index (χ2n) is 4.33. The van der Waals surface area contributed by atoms with Gasteiger partial charge in [0.05, 0.1) is 5.02 Å². The second-order valence-corrected chi connectivity index (χ2v) is 5.33. The zero-order valence-corrected chi connectivity index (χ0v) is 11.0. The van der Waals surface area contributed by atoms with Crippen LogP contribution >= 0.6 is 20.8 Å². The summed E-state index contributed by atoms with van der Waals surface area (Å²) in [6.45, 7) is 2.37. The first-order chi connectivity index (χ1) is 7.18. The Morgan fingerprint density at radius 2 is 2.00 bits per heavy atom. The number of nitrogens with zero attached hydrogens (tertiary/aromatic N) is 1. The molecule has 1 fully saturated rings. The van der Waals surface area contributed by atoms with Crippen LogP contribution in [0.3, 0.4) is 0 Å². The van der Waals surface area contributed by atoms with Gasteiger partial charge in [-0.15, -0.1) is 9.24 Å². The average molecular weight is 242 g/mol. The lowest BCUT2D eigenvalue weighted by Gasteiger charge is -2.29. The van der Waals surface area contributed by atoms with E-state index in [0.29, 0.717) is 5.92 Å². The second kappa shape index (κ2) is 4.82. The number of hydrogen-bond donors (Lipinski definition) is 0. The fourth-order valence-corrected chi connectivity index (χ4v) is 2.76. The van der Waals surface area contributed by atoms with Crippen molar-refractivity contribution >= 4 is 26.1 Å². The maximum Gasteiger partial charge on any atom is 0.0512 e. The van der Waals surface area contributed by atoms with Gasteiger partial charge in [-0.3, -0.25) is 0 Å². The van der Waals surface area contributed by atoms with E-state index in [1.165, 1.54) is 31.5 Å². The summed E-state index contributed by atoms with van der Waals surface area (Å²) >= 11 is 6.33. The Balaban J connectivity index is 2.19. The fraction of sp³-hybridized carbons (Fsp3) is 0.500. The molecule has 1 unspecified atom stereocenters. The molecule has 0 spiro atoms. The number of benzene rings is 1. The van der Waals surface area contributed by atoms with Gasteiger partial charge in [0, 0.05) is 0 Å². The lowest BCUT2D eigenvalue weighted by Crippen LogP contribution is -2.29. The molecule has 0 aliphatic carbocycles. The number of likely N-dealkylation sites (tertiary alicyclic amines) is 1. The van der Waals surface area contributed by atoms with Gasteiger partial charge in [-0.25, -0.2) is 0 Å². The van der Waals surface area contributed by atoms with Gasteiger partial charge >= 0.3 is 0 Å². The van der Waals surface area contributed by atoms with Gasteiger partial charge in [0.1, 0.15) is 0 Å². The van der Waals surface area contributed by atoms with E-state index in [2.05, 4.69) is 33.3 Å². The van der Waals surface area contributed by atoms with Gasteiger partial charge in [-0.2, -0.15) is 0 Å². The first-order valence-corrected chi connectivity index (χ1v) is 6.36. The van der Waals surface area contributed by atoms with Gasteiger partial charge in [0.2, 0.25) is 0 Å². The van der Waals surface area contributed by atoms with Crippen LogP contribution in [0.2, 0.25) is 5.02 Å².